The third-order valence-corrected chi connectivity index (χ3v) is 3.12. The Hall–Kier alpha value is -3.53. The number of nitrogens with one attached hydrogen (secondary N) is 1. The highest BCUT2D eigenvalue weighted by Crippen LogP contribution is 1.82. The van der Waals surface area contributed by atoms with Crippen molar-refractivity contribution in [2.75, 3.05) is 14.1 Å². The summed E-state index contributed by atoms with van der Waals surface area (Å²) in [5.74, 6) is 0. The van der Waals surface area contributed by atoms with Crippen molar-refractivity contribution < 1.29 is 0 Å². The van der Waals surface area contributed by atoms with Crippen LogP contribution in [0.2, 0.25) is 0 Å². The normalized spacial score (nSPS) is 12.0. The van der Waals surface area contributed by atoms with Crippen molar-refractivity contribution in [3.05, 3.63) is 31.9 Å². The third-order valence-electron chi connectivity index (χ3n) is 2.92. The van der Waals surface area contributed by atoms with Crippen molar-refractivity contribution in [2.45, 2.75) is 0 Å². The lowest BCUT2D eigenvalue weighted by Gasteiger charge is -1.97. The number of rotatable bonds is 0. The Morgan fingerprint density at radius 2 is 1.26 bits per heavy atom. The second kappa shape index (κ2) is 7.47. The standard InChI is InChI=1S/C14H8N8S/c1-20-12-10(8(5-17)6-18)14(22-23)13(21-2)9(11(12)19)7(3-15)4-16/h19,23H,1-2H3. The molecule has 1 rings (SSSR count). The van der Waals surface area contributed by atoms with Gasteiger partial charge in [0.1, 0.15) is 40.8 Å². The molecule has 0 saturated carbocycles. The van der Waals surface area contributed by atoms with Crippen molar-refractivity contribution in [1.82, 2.24) is 0 Å². The molecule has 0 bridgehead atoms. The van der Waals surface area contributed by atoms with Crippen molar-refractivity contribution in [1.29, 1.82) is 26.5 Å². The Balaban J connectivity index is 4.98. The molecule has 1 aromatic rings. The molecule has 0 radical (unpaired) electrons. The summed E-state index contributed by atoms with van der Waals surface area (Å²) in [4.78, 5) is 7.85. The van der Waals surface area contributed by atoms with Crippen LogP contribution in [0.5, 0.6) is 0 Å². The molecule has 110 valence electrons. The fourth-order valence-corrected chi connectivity index (χ4v) is 2.20. The van der Waals surface area contributed by atoms with E-state index in [0.29, 0.717) is 0 Å². The number of hydrogen-bond donors (Lipinski definition) is 2. The highest BCUT2D eigenvalue weighted by atomic mass is 32.1. The zero-order chi connectivity index (χ0) is 17.6. The first kappa shape index (κ1) is 17.5. The minimum absolute atomic E-state index is 0.00270. The van der Waals surface area contributed by atoms with Gasteiger partial charge in [0, 0.05) is 14.1 Å². The Kier molecular flexibility index (Phi) is 5.69. The van der Waals surface area contributed by atoms with E-state index < -0.39 is 0 Å². The molecule has 0 aliphatic carbocycles. The van der Waals surface area contributed by atoms with E-state index in [4.69, 9.17) is 26.5 Å². The molecule has 0 fully saturated rings. The second-order valence-corrected chi connectivity index (χ2v) is 4.12. The maximum atomic E-state index is 9.13. The van der Waals surface area contributed by atoms with E-state index in [1.165, 1.54) is 14.1 Å². The van der Waals surface area contributed by atoms with Gasteiger partial charge in [-0.05, 0) is 12.8 Å². The quantitative estimate of drug-likeness (QED) is 0.496. The smallest absolute Gasteiger partial charge is 0.141 e. The summed E-state index contributed by atoms with van der Waals surface area (Å²) in [5.41, 5.74) is -0.667. The van der Waals surface area contributed by atoms with Gasteiger partial charge in [-0.15, -0.1) is 0 Å². The number of nitriles is 4. The lowest BCUT2D eigenvalue weighted by Crippen LogP contribution is -2.66. The van der Waals surface area contributed by atoms with Crippen LogP contribution in [0.4, 0.5) is 0 Å². The van der Waals surface area contributed by atoms with Gasteiger partial charge in [0.2, 0.25) is 0 Å². The van der Waals surface area contributed by atoms with E-state index in [9.17, 15) is 0 Å². The average Bonchev–Trinajstić information content (AvgIpc) is 2.58. The monoisotopic (exact) mass is 320 g/mol. The number of benzene rings is 1. The van der Waals surface area contributed by atoms with Gasteiger partial charge in [0.15, 0.2) is 0 Å². The number of nitrogens with zero attached hydrogens (tertiary/aromatic N) is 7. The van der Waals surface area contributed by atoms with Gasteiger partial charge >= 0.3 is 0 Å². The van der Waals surface area contributed by atoms with Crippen LogP contribution in [-0.2, 0) is 0 Å². The minimum Gasteiger partial charge on any atom is -0.298 e. The van der Waals surface area contributed by atoms with Gasteiger partial charge in [-0.25, -0.2) is 4.40 Å². The molecule has 0 amide bonds. The molecule has 9 heteroatoms. The lowest BCUT2D eigenvalue weighted by atomic mass is 10.1. The van der Waals surface area contributed by atoms with Crippen LogP contribution in [0.15, 0.2) is 14.4 Å². The molecule has 0 aromatic heterocycles. The predicted octanol–water partition coefficient (Wildman–Crippen LogP) is -2.76. The zero-order valence-electron chi connectivity index (χ0n) is 12.1. The summed E-state index contributed by atoms with van der Waals surface area (Å²) in [7, 11) is 2.73. The maximum Gasteiger partial charge on any atom is 0.141 e. The fraction of sp³-hybridized carbons (Fsp3) is 0.143. The Bertz CT molecular complexity index is 1170. The molecule has 0 atom stereocenters. The van der Waals surface area contributed by atoms with Crippen LogP contribution in [0.3, 0.4) is 0 Å². The molecule has 0 aliphatic heterocycles. The van der Waals surface area contributed by atoms with Gasteiger partial charge in [-0.1, -0.05) is 0 Å². The lowest BCUT2D eigenvalue weighted by molar-refractivity contribution is 1.03. The summed E-state index contributed by atoms with van der Waals surface area (Å²) in [5, 5.41) is 44.3. The van der Waals surface area contributed by atoms with Gasteiger partial charge in [0.25, 0.3) is 0 Å². The topological polar surface area (TPSA) is 156 Å². The van der Waals surface area contributed by atoms with Gasteiger partial charge in [-0.2, -0.15) is 21.0 Å². The second-order valence-electron chi connectivity index (χ2n) is 3.92. The first-order chi connectivity index (χ1) is 11.1. The Morgan fingerprint density at radius 3 is 1.61 bits per heavy atom. The highest BCUT2D eigenvalue weighted by molar-refractivity contribution is 7.78. The van der Waals surface area contributed by atoms with Crippen molar-refractivity contribution >= 4 is 24.0 Å². The molecule has 0 heterocycles. The SMILES string of the molecule is CN=c1c(=NS)c(=C(C#N)C#N)c(=NC)c(=N)c1=C(C#N)C#N. The van der Waals surface area contributed by atoms with Crippen LogP contribution in [-0.4, -0.2) is 14.1 Å². The first-order valence-electron chi connectivity index (χ1n) is 5.91. The molecular weight excluding hydrogens is 312 g/mol. The molecule has 0 spiro atoms. The predicted molar refractivity (Wildman–Crippen MR) is 80.7 cm³/mol. The van der Waals surface area contributed by atoms with Gasteiger partial charge in [0.05, 0.1) is 26.5 Å². The molecular formula is C14H8N8S. The minimum atomic E-state index is -0.347. The van der Waals surface area contributed by atoms with Gasteiger partial charge in [-0.3, -0.25) is 15.4 Å². The summed E-state index contributed by atoms with van der Waals surface area (Å²) in [6.45, 7) is 0. The maximum absolute atomic E-state index is 9.13. The van der Waals surface area contributed by atoms with E-state index in [2.05, 4.69) is 27.2 Å². The molecule has 0 aliphatic rings. The zero-order valence-corrected chi connectivity index (χ0v) is 13.0. The summed E-state index contributed by atoms with van der Waals surface area (Å²) in [6.07, 6.45) is 0. The first-order valence-corrected chi connectivity index (χ1v) is 6.31. The van der Waals surface area contributed by atoms with E-state index in [0.717, 1.165) is 0 Å². The van der Waals surface area contributed by atoms with Crippen LogP contribution >= 0.6 is 12.8 Å². The summed E-state index contributed by atoms with van der Waals surface area (Å²) < 4.78 is 3.72. The van der Waals surface area contributed by atoms with E-state index in [-0.39, 0.29) is 43.0 Å². The van der Waals surface area contributed by atoms with E-state index in [1.807, 2.05) is 0 Å². The highest BCUT2D eigenvalue weighted by Gasteiger charge is 2.10. The van der Waals surface area contributed by atoms with Crippen LogP contribution in [0.25, 0.3) is 11.1 Å². The average molecular weight is 320 g/mol. The van der Waals surface area contributed by atoms with Crippen molar-refractivity contribution in [3.8, 4) is 24.3 Å². The number of hydrogen-bond acceptors (Lipinski definition) is 9. The molecule has 8 nitrogen and oxygen atoms in total. The largest absolute Gasteiger partial charge is 0.298 e. The van der Waals surface area contributed by atoms with Crippen LogP contribution in [0, 0.1) is 50.7 Å². The molecule has 0 unspecified atom stereocenters. The Labute approximate surface area is 135 Å². The van der Waals surface area contributed by atoms with Crippen LogP contribution in [0.1, 0.15) is 0 Å². The summed E-state index contributed by atoms with van der Waals surface area (Å²) >= 11 is 3.83. The molecule has 23 heavy (non-hydrogen) atoms. The Morgan fingerprint density at radius 1 is 0.826 bits per heavy atom. The van der Waals surface area contributed by atoms with E-state index >= 15 is 0 Å². The van der Waals surface area contributed by atoms with Crippen LogP contribution < -0.4 is 31.9 Å². The molecule has 0 saturated heterocycles. The summed E-state index contributed by atoms with van der Waals surface area (Å²) in [6, 6.07) is 6.81. The van der Waals surface area contributed by atoms with Gasteiger partial charge < -0.3 is 0 Å². The van der Waals surface area contributed by atoms with Crippen molar-refractivity contribution in [3.63, 3.8) is 0 Å². The van der Waals surface area contributed by atoms with E-state index in [1.54, 1.807) is 24.3 Å². The van der Waals surface area contributed by atoms with Crippen molar-refractivity contribution in [2.24, 2.45) is 14.4 Å². The fourth-order valence-electron chi connectivity index (χ4n) is 2.00. The third kappa shape index (κ3) is 2.78. The molecule has 1 aromatic carbocycles. The number of thiol groups is 1. The molecule has 1 N–H and O–H groups in total.